The van der Waals surface area contributed by atoms with E-state index in [2.05, 4.69) is 9.80 Å². The molecule has 84 heavy (non-hydrogen) atoms. The summed E-state index contributed by atoms with van der Waals surface area (Å²) in [5.74, 6) is 0. The summed E-state index contributed by atoms with van der Waals surface area (Å²) >= 11 is 0. The fraction of sp³-hybridized carbons (Fsp3) is 0.263. The topological polar surface area (TPSA) is 95.4 Å². The van der Waals surface area contributed by atoms with Gasteiger partial charge < -0.3 is 30.4 Å². The molecule has 384 valence electrons. The van der Waals surface area contributed by atoms with Crippen LogP contribution in [-0.2, 0) is 40.6 Å². The van der Waals surface area contributed by atoms with E-state index < -0.39 is 0 Å². The van der Waals surface area contributed by atoms with Crippen molar-refractivity contribution in [3.05, 3.63) is 44.5 Å². The van der Waals surface area contributed by atoms with E-state index in [9.17, 15) is 0 Å². The van der Waals surface area contributed by atoms with Crippen molar-refractivity contribution in [2.24, 2.45) is 11.5 Å². The Morgan fingerprint density at radius 3 is 0.500 bits per heavy atom. The third-order valence-corrected chi connectivity index (χ3v) is 29.1. The highest BCUT2D eigenvalue weighted by molar-refractivity contribution is 6.77. The molecular formula is C76H36N4O4. The van der Waals surface area contributed by atoms with Crippen molar-refractivity contribution in [1.82, 2.24) is 9.80 Å². The van der Waals surface area contributed by atoms with Crippen molar-refractivity contribution in [3.8, 4) is 0 Å². The van der Waals surface area contributed by atoms with E-state index in [4.69, 9.17) is 30.4 Å². The van der Waals surface area contributed by atoms with Gasteiger partial charge in [-0.15, -0.1) is 0 Å². The summed E-state index contributed by atoms with van der Waals surface area (Å²) in [4.78, 5) is 5.93. The van der Waals surface area contributed by atoms with Crippen LogP contribution in [0.25, 0.3) is 259 Å². The first-order valence-electron chi connectivity index (χ1n) is 31.9. The molecule has 2 heterocycles. The van der Waals surface area contributed by atoms with Gasteiger partial charge in [0.05, 0.1) is 74.5 Å². The van der Waals surface area contributed by atoms with Crippen LogP contribution in [0.5, 0.6) is 0 Å². The molecule has 8 heteroatoms. The summed E-state index contributed by atoms with van der Waals surface area (Å²) < 4.78 is 25.0. The fourth-order valence-corrected chi connectivity index (χ4v) is 28.8. The molecule has 2 aliphatic heterocycles. The Balaban J connectivity index is 0.898. The van der Waals surface area contributed by atoms with E-state index >= 15 is 0 Å². The van der Waals surface area contributed by atoms with Gasteiger partial charge in [-0.3, -0.25) is 9.80 Å². The van der Waals surface area contributed by atoms with Crippen molar-refractivity contribution in [2.75, 3.05) is 105 Å². The Morgan fingerprint density at radius 1 is 0.202 bits per heavy atom. The SMILES string of the molecule is NCCOCCOCCN1CC23c4c5c6c7c8c9c(c%10c%11c2c2c4c4c%12c%13c%14c%15c%16c%17c%18c%19c%20c%21c%22c(c%13c4c4c2c2c%11c%11c%10c%10c9c9c%13c8c(c6c%15c5%12)c%16c%13c%18c5c%19c6c%21c(c2c%224)c%11c6c%10c59)C%202CN(CCOCCOCCN)CC%14%172)C73C1. The summed E-state index contributed by atoms with van der Waals surface area (Å²) in [7, 11) is 0. The molecule has 4 atom stereocenters. The number of rotatable bonds is 16. The van der Waals surface area contributed by atoms with Gasteiger partial charge in [-0.05, 0) is 303 Å². The molecule has 24 aromatic carbocycles. The lowest BCUT2D eigenvalue weighted by Crippen LogP contribution is -2.51. The number of hydrogen-bond donors (Lipinski definition) is 2. The molecule has 2 fully saturated rings. The number of benzene rings is 16. The van der Waals surface area contributed by atoms with Crippen molar-refractivity contribution in [3.63, 3.8) is 0 Å². The van der Waals surface area contributed by atoms with E-state index in [0.717, 1.165) is 39.3 Å². The van der Waals surface area contributed by atoms with Crippen molar-refractivity contribution in [2.45, 2.75) is 21.7 Å². The van der Waals surface area contributed by atoms with E-state index in [1.165, 1.54) is 0 Å². The molecule has 0 bridgehead atoms. The van der Waals surface area contributed by atoms with Crippen molar-refractivity contribution >= 4 is 259 Å². The molecule has 8 aliphatic carbocycles. The Bertz CT molecular complexity index is 7080. The van der Waals surface area contributed by atoms with Gasteiger partial charge in [0.2, 0.25) is 0 Å². The molecule has 0 aromatic heterocycles. The molecule has 4 spiro atoms. The van der Waals surface area contributed by atoms with E-state index in [1.807, 2.05) is 0 Å². The third kappa shape index (κ3) is 2.31. The van der Waals surface area contributed by atoms with Crippen LogP contribution in [0.2, 0.25) is 0 Å². The van der Waals surface area contributed by atoms with Crippen molar-refractivity contribution in [1.29, 1.82) is 0 Å². The molecule has 8 nitrogen and oxygen atoms in total. The minimum absolute atomic E-state index is 0.244. The van der Waals surface area contributed by atoms with Gasteiger partial charge in [0.15, 0.2) is 0 Å². The average molecular weight is 1070 g/mol. The first-order valence-corrected chi connectivity index (χ1v) is 31.9. The average Bonchev–Trinajstić information content (AvgIpc) is 1.38. The maximum absolute atomic E-state index is 6.61. The van der Waals surface area contributed by atoms with Crippen LogP contribution in [-0.4, -0.2) is 115 Å². The number of nitrogens with zero attached hydrogens (tertiary/aromatic N) is 2. The van der Waals surface area contributed by atoms with Gasteiger partial charge in [-0.2, -0.15) is 0 Å². The van der Waals surface area contributed by atoms with E-state index in [0.29, 0.717) is 65.9 Å². The Morgan fingerprint density at radius 2 is 0.345 bits per heavy atom. The van der Waals surface area contributed by atoms with Crippen LogP contribution in [0.4, 0.5) is 0 Å². The standard InChI is InChI=1S/C76H36N4O4/c77-1-5-81-9-11-83-7-3-79-13-73-65-49-33-21-19-17-18-20-22-24-29-39-27(20)37(25(17)33)53(65)55(39)67-57-41(29)32-36(24)52-50-34(22)26(18)38-28(19)40-30-23(21)35-31-42(30)58-62-46-43(31)59(69(73)51(35)49)63-47(46)48-45(61(57)71(63)75(67,73)15-79)44(32)60-64(48)72(62)76-16-80(4-8-84-12-10-82-6-2-78)14-74(76,70(52)60)66(50)54(38)56(40)68(58)76/h1-16,77-78H2. The zero-order chi connectivity index (χ0) is 51.6. The molecule has 10 aliphatic rings. The maximum atomic E-state index is 6.61. The molecule has 24 aromatic rings. The van der Waals surface area contributed by atoms with Crippen molar-refractivity contribution < 1.29 is 18.9 Å². The second kappa shape index (κ2) is 9.43. The Hall–Kier alpha value is -7.60. The molecule has 0 saturated carbocycles. The fourth-order valence-electron chi connectivity index (χ4n) is 28.8. The molecule has 0 radical (unpaired) electrons. The zero-order valence-corrected chi connectivity index (χ0v) is 45.0. The number of ether oxygens (including phenoxy) is 4. The molecular weight excluding hydrogens is 1030 g/mol. The second-order valence-corrected chi connectivity index (χ2v) is 30.1. The van der Waals surface area contributed by atoms with Crippen LogP contribution in [0, 0.1) is 0 Å². The second-order valence-electron chi connectivity index (χ2n) is 30.1. The highest BCUT2D eigenvalue weighted by Crippen LogP contribution is 2.88. The summed E-state index contributed by atoms with van der Waals surface area (Å²) in [5, 5.41) is 80.5. The van der Waals surface area contributed by atoms with E-state index in [1.54, 1.807) is 303 Å². The van der Waals surface area contributed by atoms with Gasteiger partial charge in [0.25, 0.3) is 0 Å². The lowest BCUT2D eigenvalue weighted by Gasteiger charge is -2.50. The molecule has 4 N–H and O–H groups in total. The lowest BCUT2D eigenvalue weighted by atomic mass is 9.50. The quantitative estimate of drug-likeness (QED) is 0.0730. The molecule has 0 amide bonds. The third-order valence-electron chi connectivity index (χ3n) is 29.1. The smallest absolute Gasteiger partial charge is 0.0701 e. The monoisotopic (exact) mass is 1070 g/mol. The van der Waals surface area contributed by atoms with Crippen LogP contribution in [0.3, 0.4) is 0 Å². The summed E-state index contributed by atoms with van der Waals surface area (Å²) in [6, 6.07) is 0. The number of hydrogen-bond acceptors (Lipinski definition) is 8. The highest BCUT2D eigenvalue weighted by Gasteiger charge is 2.76. The largest absolute Gasteiger partial charge is 0.378 e. The Kier molecular flexibility index (Phi) is 4.15. The summed E-state index contributed by atoms with van der Waals surface area (Å²) in [6.07, 6.45) is 0. The van der Waals surface area contributed by atoms with Gasteiger partial charge >= 0.3 is 0 Å². The predicted molar refractivity (Wildman–Crippen MR) is 341 cm³/mol. The van der Waals surface area contributed by atoms with Gasteiger partial charge in [-0.1, -0.05) is 0 Å². The van der Waals surface area contributed by atoms with Gasteiger partial charge in [0.1, 0.15) is 0 Å². The van der Waals surface area contributed by atoms with Crippen LogP contribution in [0.15, 0.2) is 0 Å². The molecule has 34 rings (SSSR count). The minimum atomic E-state index is -0.245. The maximum Gasteiger partial charge on any atom is 0.0701 e. The first kappa shape index (κ1) is 37.0. The van der Waals surface area contributed by atoms with E-state index in [-0.39, 0.29) is 21.7 Å². The normalized spacial score (nSPS) is 25.9. The molecule has 4 unspecified atom stereocenters. The number of likely N-dealkylation sites (tertiary alicyclic amines) is 2. The number of nitrogens with two attached hydrogens (primary N) is 2. The van der Waals surface area contributed by atoms with Gasteiger partial charge in [-0.25, -0.2) is 0 Å². The molecule has 2 saturated heterocycles. The van der Waals surface area contributed by atoms with Crippen LogP contribution < -0.4 is 11.5 Å². The summed E-state index contributed by atoms with van der Waals surface area (Å²) in [5.41, 5.74) is 24.9. The minimum Gasteiger partial charge on any atom is -0.378 e. The lowest BCUT2D eigenvalue weighted by molar-refractivity contribution is 0.0428. The van der Waals surface area contributed by atoms with Gasteiger partial charge in [0, 0.05) is 52.4 Å². The summed E-state index contributed by atoms with van der Waals surface area (Å²) in [6.45, 7) is 12.0. The highest BCUT2D eigenvalue weighted by atomic mass is 16.5. The predicted octanol–water partition coefficient (Wildman–Crippen LogP) is 13.5. The Labute approximate surface area is 467 Å². The zero-order valence-electron chi connectivity index (χ0n) is 45.0. The first-order chi connectivity index (χ1) is 41.8. The van der Waals surface area contributed by atoms with Crippen LogP contribution in [0.1, 0.15) is 44.5 Å². The van der Waals surface area contributed by atoms with Crippen LogP contribution >= 0.6 is 0 Å².